The first-order valence-corrected chi connectivity index (χ1v) is 9.82. The number of carboxylic acid groups (broad SMARTS) is 1. The first-order chi connectivity index (χ1) is 15.4. The average Bonchev–Trinajstić information content (AvgIpc) is 3.17. The van der Waals surface area contributed by atoms with Gasteiger partial charge in [0.1, 0.15) is 5.56 Å². The van der Waals surface area contributed by atoms with Crippen LogP contribution in [0, 0.1) is 0 Å². The molecule has 2 aromatic carbocycles. The number of aromatic carboxylic acids is 1. The number of fused-ring (bicyclic) bond motifs is 1. The topological polar surface area (TPSA) is 133 Å². The Morgan fingerprint density at radius 1 is 1.19 bits per heavy atom. The molecule has 2 amide bonds. The predicted octanol–water partition coefficient (Wildman–Crippen LogP) is 2.52. The van der Waals surface area contributed by atoms with Crippen LogP contribution >= 0.6 is 0 Å². The summed E-state index contributed by atoms with van der Waals surface area (Å²) in [5, 5.41) is 12.5. The van der Waals surface area contributed by atoms with E-state index in [1.54, 1.807) is 22.8 Å². The Labute approximate surface area is 183 Å². The molecule has 32 heavy (non-hydrogen) atoms. The molecule has 1 aliphatic heterocycles. The van der Waals surface area contributed by atoms with E-state index in [0.717, 1.165) is 5.69 Å². The summed E-state index contributed by atoms with van der Waals surface area (Å²) in [6.07, 6.45) is 1.61. The molecule has 4 rings (SSSR count). The average molecular weight is 435 g/mol. The lowest BCUT2D eigenvalue weighted by atomic mass is 9.88. The molecule has 0 aliphatic carbocycles. The molecule has 0 bridgehead atoms. The monoisotopic (exact) mass is 435 g/mol. The zero-order chi connectivity index (χ0) is 22.8. The third-order valence-corrected chi connectivity index (χ3v) is 5.25. The number of hydrogen-bond donors (Lipinski definition) is 3. The first-order valence-electron chi connectivity index (χ1n) is 9.82. The van der Waals surface area contributed by atoms with Gasteiger partial charge in [-0.25, -0.2) is 4.79 Å². The molecule has 0 saturated carbocycles. The van der Waals surface area contributed by atoms with Crippen LogP contribution in [0.1, 0.15) is 34.0 Å². The van der Waals surface area contributed by atoms with Crippen LogP contribution in [0.4, 0.5) is 5.69 Å². The standard InChI is InChI=1S/C23H21N3O6/c1-31-17-8-7-13(9-18(17)32-12-19(24)27)15-10-20(28)25-21-16(23(29)30)11-26(22(15)21)14-5-3-2-4-6-14/h2-9,11,15H,10,12H2,1H3,(H2,24,27)(H,25,28)(H,29,30)/t15-/m0/s1. The van der Waals surface area contributed by atoms with Gasteiger partial charge in [-0.05, 0) is 29.8 Å². The number of para-hydroxylation sites is 1. The molecule has 0 spiro atoms. The highest BCUT2D eigenvalue weighted by molar-refractivity contribution is 6.04. The number of rotatable bonds is 7. The van der Waals surface area contributed by atoms with Gasteiger partial charge in [0.25, 0.3) is 5.91 Å². The molecule has 9 heteroatoms. The minimum Gasteiger partial charge on any atom is -0.493 e. The highest BCUT2D eigenvalue weighted by Crippen LogP contribution is 2.43. The van der Waals surface area contributed by atoms with Crippen molar-refractivity contribution in [2.75, 3.05) is 19.0 Å². The Kier molecular flexibility index (Phi) is 5.55. The van der Waals surface area contributed by atoms with Crippen LogP contribution in [0.25, 0.3) is 5.69 Å². The number of carbonyl (C=O) groups is 3. The number of aromatic nitrogens is 1. The van der Waals surface area contributed by atoms with Crippen molar-refractivity contribution in [3.63, 3.8) is 0 Å². The molecular formula is C23H21N3O6. The van der Waals surface area contributed by atoms with Crippen molar-refractivity contribution in [2.45, 2.75) is 12.3 Å². The summed E-state index contributed by atoms with van der Waals surface area (Å²) in [6.45, 7) is -0.334. The summed E-state index contributed by atoms with van der Waals surface area (Å²) in [6, 6.07) is 14.4. The van der Waals surface area contributed by atoms with Gasteiger partial charge in [-0.2, -0.15) is 0 Å². The van der Waals surface area contributed by atoms with E-state index in [1.165, 1.54) is 13.3 Å². The summed E-state index contributed by atoms with van der Waals surface area (Å²) in [4.78, 5) is 35.6. The second kappa shape index (κ2) is 8.46. The van der Waals surface area contributed by atoms with Crippen LogP contribution < -0.4 is 20.5 Å². The van der Waals surface area contributed by atoms with E-state index in [-0.39, 0.29) is 30.2 Å². The fourth-order valence-electron chi connectivity index (χ4n) is 3.88. The molecule has 1 aliphatic rings. The van der Waals surface area contributed by atoms with Gasteiger partial charge in [-0.1, -0.05) is 24.3 Å². The SMILES string of the molecule is COc1ccc([C@@H]2CC(=O)Nc3c(C(=O)O)cn(-c4ccccc4)c32)cc1OCC(N)=O. The minimum absolute atomic E-state index is 0.000571. The number of benzene rings is 2. The molecular weight excluding hydrogens is 414 g/mol. The van der Waals surface area contributed by atoms with Crippen molar-refractivity contribution < 1.29 is 29.0 Å². The smallest absolute Gasteiger partial charge is 0.339 e. The van der Waals surface area contributed by atoms with Gasteiger partial charge in [0, 0.05) is 24.2 Å². The lowest BCUT2D eigenvalue weighted by molar-refractivity contribution is -0.120. The van der Waals surface area contributed by atoms with E-state index in [4.69, 9.17) is 15.2 Å². The van der Waals surface area contributed by atoms with Gasteiger partial charge in [0.05, 0.1) is 18.5 Å². The lowest BCUT2D eigenvalue weighted by Crippen LogP contribution is -2.25. The molecule has 164 valence electrons. The van der Waals surface area contributed by atoms with E-state index in [1.807, 2.05) is 30.3 Å². The van der Waals surface area contributed by atoms with Crippen LogP contribution in [-0.4, -0.2) is 41.2 Å². The van der Waals surface area contributed by atoms with Crippen LogP contribution in [0.5, 0.6) is 11.5 Å². The lowest BCUT2D eigenvalue weighted by Gasteiger charge is -2.27. The Balaban J connectivity index is 1.88. The highest BCUT2D eigenvalue weighted by atomic mass is 16.5. The maximum Gasteiger partial charge on any atom is 0.339 e. The second-order valence-corrected chi connectivity index (χ2v) is 7.28. The molecule has 3 aromatic rings. The first kappa shape index (κ1) is 21.0. The molecule has 0 fully saturated rings. The van der Waals surface area contributed by atoms with E-state index in [9.17, 15) is 19.5 Å². The zero-order valence-electron chi connectivity index (χ0n) is 17.2. The number of nitrogens with zero attached hydrogens (tertiary/aromatic N) is 1. The number of carboxylic acids is 1. The largest absolute Gasteiger partial charge is 0.493 e. The van der Waals surface area contributed by atoms with E-state index in [2.05, 4.69) is 5.32 Å². The van der Waals surface area contributed by atoms with E-state index < -0.39 is 17.8 Å². The van der Waals surface area contributed by atoms with Gasteiger partial charge in [-0.15, -0.1) is 0 Å². The molecule has 1 atom stereocenters. The second-order valence-electron chi connectivity index (χ2n) is 7.28. The number of methoxy groups -OCH3 is 1. The summed E-state index contributed by atoms with van der Waals surface area (Å²) >= 11 is 0. The summed E-state index contributed by atoms with van der Waals surface area (Å²) < 4.78 is 12.6. The number of amides is 2. The van der Waals surface area contributed by atoms with Crippen molar-refractivity contribution >= 4 is 23.5 Å². The highest BCUT2D eigenvalue weighted by Gasteiger charge is 2.34. The maximum absolute atomic E-state index is 12.5. The van der Waals surface area contributed by atoms with Crippen molar-refractivity contribution in [3.05, 3.63) is 71.5 Å². The number of carbonyl (C=O) groups excluding carboxylic acids is 2. The van der Waals surface area contributed by atoms with Crippen molar-refractivity contribution in [1.29, 1.82) is 0 Å². The number of nitrogens with one attached hydrogen (secondary N) is 1. The molecule has 0 unspecified atom stereocenters. The van der Waals surface area contributed by atoms with Gasteiger partial charge in [-0.3, -0.25) is 9.59 Å². The van der Waals surface area contributed by atoms with Crippen LogP contribution in [0.2, 0.25) is 0 Å². The zero-order valence-corrected chi connectivity index (χ0v) is 17.2. The van der Waals surface area contributed by atoms with Crippen molar-refractivity contribution in [3.8, 4) is 17.2 Å². The summed E-state index contributed by atoms with van der Waals surface area (Å²) in [7, 11) is 1.47. The van der Waals surface area contributed by atoms with Gasteiger partial charge in [0.15, 0.2) is 18.1 Å². The summed E-state index contributed by atoms with van der Waals surface area (Å²) in [5.41, 5.74) is 7.56. The maximum atomic E-state index is 12.5. The molecule has 4 N–H and O–H groups in total. The van der Waals surface area contributed by atoms with Gasteiger partial charge < -0.3 is 30.2 Å². The van der Waals surface area contributed by atoms with Gasteiger partial charge in [0.2, 0.25) is 5.91 Å². The van der Waals surface area contributed by atoms with Crippen molar-refractivity contribution in [1.82, 2.24) is 4.57 Å². The normalized spacial score (nSPS) is 14.9. The van der Waals surface area contributed by atoms with Crippen LogP contribution in [0.3, 0.4) is 0 Å². The fraction of sp³-hybridized carbons (Fsp3) is 0.174. The molecule has 9 nitrogen and oxygen atoms in total. The number of hydrogen-bond acceptors (Lipinski definition) is 5. The Hall–Kier alpha value is -4.27. The fourth-order valence-corrected chi connectivity index (χ4v) is 3.88. The van der Waals surface area contributed by atoms with E-state index >= 15 is 0 Å². The number of nitrogens with two attached hydrogens (primary N) is 1. The number of primary amides is 1. The third-order valence-electron chi connectivity index (χ3n) is 5.25. The van der Waals surface area contributed by atoms with Crippen molar-refractivity contribution in [2.24, 2.45) is 5.73 Å². The minimum atomic E-state index is -1.14. The quantitative estimate of drug-likeness (QED) is 0.522. The van der Waals surface area contributed by atoms with Gasteiger partial charge >= 0.3 is 5.97 Å². The molecule has 1 aromatic heterocycles. The third kappa shape index (κ3) is 3.87. The van der Waals surface area contributed by atoms with Crippen LogP contribution in [-0.2, 0) is 9.59 Å². The Morgan fingerprint density at radius 2 is 1.94 bits per heavy atom. The predicted molar refractivity (Wildman–Crippen MR) is 116 cm³/mol. The Bertz CT molecular complexity index is 1200. The molecule has 2 heterocycles. The summed E-state index contributed by atoms with van der Waals surface area (Å²) in [5.74, 6) is -1.84. The molecule has 0 radical (unpaired) electrons. The number of anilines is 1. The number of ether oxygens (including phenoxy) is 2. The van der Waals surface area contributed by atoms with E-state index in [0.29, 0.717) is 22.8 Å². The Morgan fingerprint density at radius 3 is 2.59 bits per heavy atom. The van der Waals surface area contributed by atoms with Crippen LogP contribution in [0.15, 0.2) is 54.7 Å². The molecule has 0 saturated heterocycles.